The van der Waals surface area contributed by atoms with Crippen LogP contribution in [0.2, 0.25) is 0 Å². The molecule has 22 nitrogen and oxygen atoms in total. The normalized spacial score (nSPS) is 15.9. The van der Waals surface area contributed by atoms with Crippen molar-refractivity contribution < 1.29 is 38.4 Å². The van der Waals surface area contributed by atoms with Crippen LogP contribution in [0.25, 0.3) is 10.9 Å². The number of hydrogen-bond acceptors (Lipinski definition) is 11. The number of carbonyl (C=O) groups excluding carboxylic acids is 8. The van der Waals surface area contributed by atoms with Gasteiger partial charge in [0.25, 0.3) is 0 Å². The summed E-state index contributed by atoms with van der Waals surface area (Å²) < 4.78 is 0. The van der Waals surface area contributed by atoms with Crippen molar-refractivity contribution in [1.29, 1.82) is 0 Å². The lowest BCUT2D eigenvalue weighted by Gasteiger charge is -2.31. The SMILES string of the molecule is CC(NC(=O)C(Cc1c[nH]c2ccccc12)NC(=O)C(Cc1cnc[nH]1)NC(=O)CCc1ccccc1)C(=O)NC(C(=O)NC(C)C(=O)NC(Cc1cnc[nH]1)C(=O)N1CCCC1CNC(Cc1ccccc1)C(N)=O)C(C)C. The van der Waals surface area contributed by atoms with Gasteiger partial charge < -0.3 is 62.8 Å². The summed E-state index contributed by atoms with van der Waals surface area (Å²) in [5, 5.41) is 20.7. The molecule has 1 fully saturated rings. The van der Waals surface area contributed by atoms with Crippen molar-refractivity contribution in [2.24, 2.45) is 11.7 Å². The maximum atomic E-state index is 14.4. The molecule has 0 aliphatic carbocycles. The molecule has 1 saturated heterocycles. The number of amides is 8. The van der Waals surface area contributed by atoms with Gasteiger partial charge in [-0.2, -0.15) is 0 Å². The summed E-state index contributed by atoms with van der Waals surface area (Å²) in [5.74, 6) is -5.16. The monoisotopic (exact) mass is 1080 g/mol. The van der Waals surface area contributed by atoms with Gasteiger partial charge in [-0.1, -0.05) is 92.7 Å². The fraction of sp³-hybridized carbons (Fsp3) is 0.404. The van der Waals surface area contributed by atoms with Gasteiger partial charge in [-0.05, 0) is 68.2 Å². The van der Waals surface area contributed by atoms with Crippen molar-refractivity contribution in [3.05, 3.63) is 144 Å². The highest BCUT2D eigenvalue weighted by Crippen LogP contribution is 2.21. The van der Waals surface area contributed by atoms with E-state index < -0.39 is 83.7 Å². The Balaban J connectivity index is 0.981. The molecule has 4 heterocycles. The van der Waals surface area contributed by atoms with Crippen LogP contribution in [0.15, 0.2) is 116 Å². The molecule has 1 aliphatic rings. The van der Waals surface area contributed by atoms with Crippen molar-refractivity contribution >= 4 is 58.2 Å². The summed E-state index contributed by atoms with van der Waals surface area (Å²) in [6.07, 6.45) is 10.2. The number of aromatic nitrogens is 5. The van der Waals surface area contributed by atoms with E-state index in [-0.39, 0.29) is 43.5 Å². The van der Waals surface area contributed by atoms with Crippen LogP contribution in [-0.2, 0) is 70.5 Å². The highest BCUT2D eigenvalue weighted by Gasteiger charge is 2.37. The third-order valence-electron chi connectivity index (χ3n) is 14.1. The number of primary amides is 1. The molecular weight excluding hydrogens is 1010 g/mol. The number of imidazole rings is 2. The van der Waals surface area contributed by atoms with Crippen LogP contribution in [-0.4, -0.2) is 139 Å². The number of nitrogens with zero attached hydrogens (tertiary/aromatic N) is 3. The fourth-order valence-electron chi connectivity index (χ4n) is 9.61. The second-order valence-electron chi connectivity index (χ2n) is 20.4. The van der Waals surface area contributed by atoms with Gasteiger partial charge >= 0.3 is 0 Å². The fourth-order valence-corrected chi connectivity index (χ4v) is 9.61. The first-order valence-electron chi connectivity index (χ1n) is 26.7. The van der Waals surface area contributed by atoms with Crippen LogP contribution in [0.1, 0.15) is 75.0 Å². The van der Waals surface area contributed by atoms with Crippen molar-refractivity contribution in [3.8, 4) is 0 Å². The van der Waals surface area contributed by atoms with E-state index in [9.17, 15) is 38.4 Å². The minimum Gasteiger partial charge on any atom is -0.368 e. The van der Waals surface area contributed by atoms with E-state index in [0.717, 1.165) is 22.0 Å². The van der Waals surface area contributed by atoms with Gasteiger partial charge in [0.05, 0.1) is 18.7 Å². The van der Waals surface area contributed by atoms with E-state index in [0.29, 0.717) is 55.7 Å². The van der Waals surface area contributed by atoms with E-state index in [1.807, 2.05) is 84.9 Å². The number of para-hydroxylation sites is 1. The molecule has 3 aromatic carbocycles. The van der Waals surface area contributed by atoms with Gasteiger partial charge in [-0.15, -0.1) is 0 Å². The van der Waals surface area contributed by atoms with Crippen molar-refractivity contribution in [2.45, 2.75) is 127 Å². The van der Waals surface area contributed by atoms with Crippen molar-refractivity contribution in [2.75, 3.05) is 13.1 Å². The second-order valence-corrected chi connectivity index (χ2v) is 20.4. The highest BCUT2D eigenvalue weighted by atomic mass is 16.2. The molecule has 0 radical (unpaired) electrons. The van der Waals surface area contributed by atoms with Gasteiger partial charge in [0.1, 0.15) is 36.3 Å². The molecule has 8 atom stereocenters. The summed E-state index contributed by atoms with van der Waals surface area (Å²) in [6, 6.07) is 18.4. The topological polar surface area (TPSA) is 323 Å². The first-order chi connectivity index (χ1) is 38.0. The van der Waals surface area contributed by atoms with E-state index in [2.05, 4.69) is 62.1 Å². The Kier molecular flexibility index (Phi) is 20.6. The quantitative estimate of drug-likeness (QED) is 0.0335. The number of rotatable bonds is 28. The largest absolute Gasteiger partial charge is 0.368 e. The lowest BCUT2D eigenvalue weighted by atomic mass is 10.0. The number of fused-ring (bicyclic) bond motifs is 1. The molecule has 0 spiro atoms. The predicted octanol–water partition coefficient (Wildman–Crippen LogP) is 1.56. The molecule has 12 N–H and O–H groups in total. The van der Waals surface area contributed by atoms with E-state index in [1.54, 1.807) is 37.3 Å². The minimum atomic E-state index is -1.24. The zero-order valence-corrected chi connectivity index (χ0v) is 44.9. The molecule has 3 aromatic heterocycles. The van der Waals surface area contributed by atoms with Gasteiger partial charge in [-0.3, -0.25) is 38.4 Å². The average Bonchev–Trinajstić information content (AvgIpc) is 4.32. The zero-order valence-electron chi connectivity index (χ0n) is 44.9. The van der Waals surface area contributed by atoms with Crippen LogP contribution in [0, 0.1) is 5.92 Å². The number of benzene rings is 3. The van der Waals surface area contributed by atoms with Gasteiger partial charge in [0.15, 0.2) is 0 Å². The number of carbonyl (C=O) groups is 8. The summed E-state index contributed by atoms with van der Waals surface area (Å²) >= 11 is 0. The average molecular weight is 1080 g/mol. The van der Waals surface area contributed by atoms with Crippen molar-refractivity contribution in [3.63, 3.8) is 0 Å². The third-order valence-corrected chi connectivity index (χ3v) is 14.1. The lowest BCUT2D eigenvalue weighted by Crippen LogP contribution is -2.60. The Labute approximate surface area is 458 Å². The van der Waals surface area contributed by atoms with Gasteiger partial charge in [0, 0.05) is 85.7 Å². The number of nitrogens with one attached hydrogen (secondary N) is 10. The van der Waals surface area contributed by atoms with Crippen LogP contribution in [0.3, 0.4) is 0 Å². The second kappa shape index (κ2) is 28.1. The van der Waals surface area contributed by atoms with Gasteiger partial charge in [0.2, 0.25) is 47.3 Å². The molecule has 79 heavy (non-hydrogen) atoms. The zero-order chi connectivity index (χ0) is 56.4. The number of nitrogens with two attached hydrogens (primary N) is 1. The number of likely N-dealkylation sites (tertiary alicyclic amines) is 1. The first-order valence-corrected chi connectivity index (χ1v) is 26.7. The molecule has 22 heteroatoms. The number of H-pyrrole nitrogens is 3. The Bertz CT molecular complexity index is 2990. The van der Waals surface area contributed by atoms with Gasteiger partial charge in [-0.25, -0.2) is 9.97 Å². The Morgan fingerprint density at radius 2 is 1.18 bits per heavy atom. The van der Waals surface area contributed by atoms with Crippen molar-refractivity contribution in [1.82, 2.24) is 67.0 Å². The Morgan fingerprint density at radius 3 is 1.81 bits per heavy atom. The maximum Gasteiger partial charge on any atom is 0.245 e. The number of hydrogen-bond donors (Lipinski definition) is 11. The smallest absolute Gasteiger partial charge is 0.245 e. The lowest BCUT2D eigenvalue weighted by molar-refractivity contribution is -0.138. The summed E-state index contributed by atoms with van der Waals surface area (Å²) in [7, 11) is 0. The van der Waals surface area contributed by atoms with Crippen LogP contribution < -0.4 is 43.0 Å². The Hall–Kier alpha value is -8.66. The number of aromatic amines is 3. The first kappa shape index (κ1) is 58.0. The Morgan fingerprint density at radius 1 is 0.608 bits per heavy atom. The predicted molar refractivity (Wildman–Crippen MR) is 295 cm³/mol. The van der Waals surface area contributed by atoms with Crippen LogP contribution in [0.5, 0.6) is 0 Å². The third kappa shape index (κ3) is 16.7. The summed E-state index contributed by atoms with van der Waals surface area (Å²) in [4.78, 5) is 130. The standard InChI is InChI=1S/C57H72N14O8/c1-34(2)50(56(78)66-35(3)52(74)69-48(27-41-30-60-33-64-41)57(79)71-23-13-18-42(71)31-62-45(51(58)73)24-38-16-9-6-10-17-38)70-53(75)36(4)65-54(76)46(25-39-28-61-44-20-12-11-19-43(39)44)68-55(77)47(26-40-29-59-32-63-40)67-49(72)22-21-37-14-7-5-8-15-37/h5-12,14-17,19-20,28-30,32-36,42,45-48,50,61-62H,13,18,21-27,31H2,1-4H3,(H2,58,73)(H,59,63)(H,60,64)(H,65,76)(H,66,78)(H,67,72)(H,68,77)(H,69,74)(H,70,75). The molecule has 1 aliphatic heterocycles. The summed E-state index contributed by atoms with van der Waals surface area (Å²) in [6.45, 7) is 7.03. The van der Waals surface area contributed by atoms with E-state index >= 15 is 0 Å². The molecule has 7 rings (SSSR count). The number of aryl methyl sites for hydroxylation is 1. The molecule has 6 aromatic rings. The molecule has 8 unspecified atom stereocenters. The summed E-state index contributed by atoms with van der Waals surface area (Å²) in [5.41, 5.74) is 10.3. The van der Waals surface area contributed by atoms with Crippen LogP contribution >= 0.6 is 0 Å². The van der Waals surface area contributed by atoms with E-state index in [4.69, 9.17) is 5.73 Å². The molecular formula is C57H72N14O8. The molecule has 8 amide bonds. The van der Waals surface area contributed by atoms with E-state index in [1.165, 1.54) is 26.5 Å². The maximum absolute atomic E-state index is 14.4. The van der Waals surface area contributed by atoms with Crippen LogP contribution in [0.4, 0.5) is 0 Å². The highest BCUT2D eigenvalue weighted by molar-refractivity contribution is 5.97. The molecule has 418 valence electrons. The minimum absolute atomic E-state index is 0.00235. The molecule has 0 saturated carbocycles. The molecule has 0 bridgehead atoms.